The van der Waals surface area contributed by atoms with Gasteiger partial charge in [-0.15, -0.1) is 0 Å². The van der Waals surface area contributed by atoms with Crippen molar-refractivity contribution in [2.75, 3.05) is 13.1 Å². The van der Waals surface area contributed by atoms with Gasteiger partial charge in [0.25, 0.3) is 0 Å². The Morgan fingerprint density at radius 2 is 1.60 bits per heavy atom. The van der Waals surface area contributed by atoms with Crippen molar-refractivity contribution >= 4 is 28.6 Å². The summed E-state index contributed by atoms with van der Waals surface area (Å²) in [6.07, 6.45) is 0. The molecule has 0 aliphatic carbocycles. The molecule has 0 fully saturated rings. The van der Waals surface area contributed by atoms with Gasteiger partial charge in [-0.25, -0.2) is 9.59 Å². The topological polar surface area (TPSA) is 116 Å². The van der Waals surface area contributed by atoms with E-state index in [-0.39, 0.29) is 11.9 Å². The van der Waals surface area contributed by atoms with Crippen LogP contribution in [0, 0.1) is 0 Å². The Balaban J connectivity index is 0.000000450. The highest BCUT2D eigenvalue weighted by molar-refractivity contribution is 6.27. The van der Waals surface area contributed by atoms with Crippen LogP contribution in [0.3, 0.4) is 0 Å². The molecule has 2 aromatic rings. The van der Waals surface area contributed by atoms with E-state index in [1.807, 2.05) is 19.1 Å². The third kappa shape index (κ3) is 7.01. The van der Waals surface area contributed by atoms with E-state index >= 15 is 0 Å². The predicted octanol–water partition coefficient (Wildman–Crippen LogP) is 1.78. The Kier molecular flexibility index (Phi) is 8.08. The van der Waals surface area contributed by atoms with Gasteiger partial charge in [-0.3, -0.25) is 4.79 Å². The predicted molar refractivity (Wildman–Crippen MR) is 94.3 cm³/mol. The summed E-state index contributed by atoms with van der Waals surface area (Å²) in [6, 6.07) is 14.9. The second kappa shape index (κ2) is 10.0. The third-order valence-electron chi connectivity index (χ3n) is 3.40. The molecule has 134 valence electrons. The quantitative estimate of drug-likeness (QED) is 0.613. The Morgan fingerprint density at radius 3 is 2.16 bits per heavy atom. The van der Waals surface area contributed by atoms with Crippen LogP contribution in [-0.2, 0) is 14.4 Å². The molecule has 0 aromatic heterocycles. The van der Waals surface area contributed by atoms with Crippen LogP contribution in [0.2, 0.25) is 0 Å². The van der Waals surface area contributed by atoms with Crippen molar-refractivity contribution in [1.82, 2.24) is 10.6 Å². The number of carbonyl (C=O) groups is 3. The number of carboxylic acids is 2. The molecule has 2 aromatic carbocycles. The molecule has 0 aliphatic heterocycles. The molecule has 2 rings (SSSR count). The molecule has 0 heterocycles. The molecular weight excluding hydrogens is 324 g/mol. The van der Waals surface area contributed by atoms with Crippen molar-refractivity contribution in [3.05, 3.63) is 48.0 Å². The van der Waals surface area contributed by atoms with E-state index in [1.54, 1.807) is 0 Å². The molecule has 1 amide bonds. The highest BCUT2D eigenvalue weighted by Gasteiger charge is 2.07. The fourth-order valence-electron chi connectivity index (χ4n) is 2.10. The molecule has 0 radical (unpaired) electrons. The van der Waals surface area contributed by atoms with Gasteiger partial charge in [-0.05, 0) is 36.2 Å². The molecule has 0 bridgehead atoms. The van der Waals surface area contributed by atoms with Crippen LogP contribution in [0.1, 0.15) is 25.5 Å². The highest BCUT2D eigenvalue weighted by Crippen LogP contribution is 2.19. The number of likely N-dealkylation sites (N-methyl/N-ethyl adjacent to an activating group) is 1. The maximum Gasteiger partial charge on any atom is 0.414 e. The number of fused-ring (bicyclic) bond motifs is 1. The van der Waals surface area contributed by atoms with Crippen molar-refractivity contribution < 1.29 is 24.6 Å². The van der Waals surface area contributed by atoms with Crippen molar-refractivity contribution in [2.45, 2.75) is 19.9 Å². The van der Waals surface area contributed by atoms with Crippen LogP contribution in [0.25, 0.3) is 10.8 Å². The lowest BCUT2D eigenvalue weighted by molar-refractivity contribution is -0.159. The van der Waals surface area contributed by atoms with Gasteiger partial charge >= 0.3 is 11.9 Å². The SMILES string of the molecule is CCNC(=O)CNC(C)c1ccc2ccccc2c1.O=C(O)C(=O)O. The molecule has 0 saturated heterocycles. The Morgan fingerprint density at radius 1 is 1.00 bits per heavy atom. The van der Waals surface area contributed by atoms with E-state index in [9.17, 15) is 4.79 Å². The minimum absolute atomic E-state index is 0.0372. The lowest BCUT2D eigenvalue weighted by Gasteiger charge is -2.14. The maximum absolute atomic E-state index is 11.4. The largest absolute Gasteiger partial charge is 0.473 e. The summed E-state index contributed by atoms with van der Waals surface area (Å²) >= 11 is 0. The fourth-order valence-corrected chi connectivity index (χ4v) is 2.10. The second-order valence-electron chi connectivity index (χ2n) is 5.27. The average molecular weight is 346 g/mol. The van der Waals surface area contributed by atoms with Crippen LogP contribution in [0.4, 0.5) is 0 Å². The van der Waals surface area contributed by atoms with Crippen LogP contribution >= 0.6 is 0 Å². The normalized spacial score (nSPS) is 11.1. The van der Waals surface area contributed by atoms with Crippen LogP contribution in [-0.4, -0.2) is 41.1 Å². The van der Waals surface area contributed by atoms with Gasteiger partial charge in [0, 0.05) is 12.6 Å². The molecule has 0 saturated carbocycles. The van der Waals surface area contributed by atoms with Gasteiger partial charge < -0.3 is 20.8 Å². The van der Waals surface area contributed by atoms with Gasteiger partial charge in [0.2, 0.25) is 5.91 Å². The maximum atomic E-state index is 11.4. The molecule has 7 heteroatoms. The summed E-state index contributed by atoms with van der Waals surface area (Å²) in [5.74, 6) is -3.61. The van der Waals surface area contributed by atoms with Crippen LogP contribution in [0.15, 0.2) is 42.5 Å². The van der Waals surface area contributed by atoms with Gasteiger partial charge in [0.05, 0.1) is 6.54 Å². The number of nitrogens with one attached hydrogen (secondary N) is 2. The second-order valence-corrected chi connectivity index (χ2v) is 5.27. The lowest BCUT2D eigenvalue weighted by atomic mass is 10.0. The molecule has 0 spiro atoms. The Hall–Kier alpha value is -2.93. The minimum Gasteiger partial charge on any atom is -0.473 e. The molecular formula is C18H22N2O5. The Labute approximate surface area is 145 Å². The number of carboxylic acid groups (broad SMARTS) is 2. The standard InChI is InChI=1S/C16H20N2O.C2H2O4/c1-3-17-16(19)11-18-12(2)14-9-8-13-6-4-5-7-15(13)10-14;3-1(4)2(5)6/h4-10,12,18H,3,11H2,1-2H3,(H,17,19);(H,3,4)(H,5,6). The number of hydrogen-bond acceptors (Lipinski definition) is 4. The molecule has 1 atom stereocenters. The van der Waals surface area contributed by atoms with Gasteiger partial charge in [-0.1, -0.05) is 36.4 Å². The number of aliphatic carboxylic acids is 2. The number of carbonyl (C=O) groups excluding carboxylic acids is 1. The van der Waals surface area contributed by atoms with Crippen molar-refractivity contribution in [3.63, 3.8) is 0 Å². The number of amides is 1. The van der Waals surface area contributed by atoms with E-state index in [4.69, 9.17) is 19.8 Å². The number of benzene rings is 2. The summed E-state index contributed by atoms with van der Waals surface area (Å²) in [4.78, 5) is 29.6. The summed E-state index contributed by atoms with van der Waals surface area (Å²) in [7, 11) is 0. The van der Waals surface area contributed by atoms with Gasteiger partial charge in [-0.2, -0.15) is 0 Å². The summed E-state index contributed by atoms with van der Waals surface area (Å²) in [5, 5.41) is 23.3. The third-order valence-corrected chi connectivity index (χ3v) is 3.40. The van der Waals surface area contributed by atoms with Crippen molar-refractivity contribution in [3.8, 4) is 0 Å². The summed E-state index contributed by atoms with van der Waals surface area (Å²) < 4.78 is 0. The molecule has 25 heavy (non-hydrogen) atoms. The first-order valence-corrected chi connectivity index (χ1v) is 7.80. The minimum atomic E-state index is -1.82. The molecule has 4 N–H and O–H groups in total. The van der Waals surface area contributed by atoms with E-state index in [2.05, 4.69) is 47.9 Å². The summed E-state index contributed by atoms with van der Waals surface area (Å²) in [6.45, 7) is 5.01. The first-order valence-electron chi connectivity index (χ1n) is 7.80. The zero-order valence-electron chi connectivity index (χ0n) is 14.2. The van der Waals surface area contributed by atoms with Gasteiger partial charge in [0.1, 0.15) is 0 Å². The average Bonchev–Trinajstić information content (AvgIpc) is 2.60. The van der Waals surface area contributed by atoms with E-state index < -0.39 is 11.9 Å². The lowest BCUT2D eigenvalue weighted by Crippen LogP contribution is -2.34. The monoisotopic (exact) mass is 346 g/mol. The van der Waals surface area contributed by atoms with Crippen LogP contribution < -0.4 is 10.6 Å². The van der Waals surface area contributed by atoms with E-state index in [1.165, 1.54) is 16.3 Å². The molecule has 1 unspecified atom stereocenters. The van der Waals surface area contributed by atoms with E-state index in [0.29, 0.717) is 13.1 Å². The first-order chi connectivity index (χ1) is 11.8. The number of rotatable bonds is 5. The fraction of sp³-hybridized carbons (Fsp3) is 0.278. The smallest absolute Gasteiger partial charge is 0.414 e. The molecule has 0 aliphatic rings. The van der Waals surface area contributed by atoms with E-state index in [0.717, 1.165) is 0 Å². The van der Waals surface area contributed by atoms with Crippen molar-refractivity contribution in [2.24, 2.45) is 0 Å². The molecule has 7 nitrogen and oxygen atoms in total. The highest BCUT2D eigenvalue weighted by atomic mass is 16.4. The zero-order chi connectivity index (χ0) is 18.8. The van der Waals surface area contributed by atoms with Gasteiger partial charge in [0.15, 0.2) is 0 Å². The zero-order valence-corrected chi connectivity index (χ0v) is 14.2. The van der Waals surface area contributed by atoms with Crippen molar-refractivity contribution in [1.29, 1.82) is 0 Å². The Bertz CT molecular complexity index is 733. The number of hydrogen-bond donors (Lipinski definition) is 4. The summed E-state index contributed by atoms with van der Waals surface area (Å²) in [5.41, 5.74) is 1.20. The van der Waals surface area contributed by atoms with Crippen LogP contribution in [0.5, 0.6) is 0 Å². The first kappa shape index (κ1) is 20.1.